The fourth-order valence-corrected chi connectivity index (χ4v) is 4.85. The molecule has 0 radical (unpaired) electrons. The first kappa shape index (κ1) is 24.1. The minimum atomic E-state index is -0.588. The molecule has 1 aromatic carbocycles. The van der Waals surface area contributed by atoms with E-state index < -0.39 is 11.4 Å². The summed E-state index contributed by atoms with van der Waals surface area (Å²) in [6, 6.07) is 4.28. The number of hydrogen-bond acceptors (Lipinski definition) is 6. The zero-order valence-electron chi connectivity index (χ0n) is 20.3. The molecule has 3 fully saturated rings. The summed E-state index contributed by atoms with van der Waals surface area (Å²) in [6.45, 7) is 8.22. The van der Waals surface area contributed by atoms with Gasteiger partial charge in [-0.15, -0.1) is 0 Å². The van der Waals surface area contributed by atoms with Gasteiger partial charge in [-0.05, 0) is 51.8 Å². The molecule has 1 aromatic rings. The van der Waals surface area contributed by atoms with Gasteiger partial charge in [0.2, 0.25) is 0 Å². The number of fused-ring (bicyclic) bond motifs is 1. The van der Waals surface area contributed by atoms with Crippen LogP contribution in [-0.4, -0.2) is 85.9 Å². The van der Waals surface area contributed by atoms with Crippen LogP contribution < -0.4 is 9.80 Å². The van der Waals surface area contributed by atoms with Gasteiger partial charge in [-0.2, -0.15) is 0 Å². The predicted octanol–water partition coefficient (Wildman–Crippen LogP) is 3.08. The summed E-state index contributed by atoms with van der Waals surface area (Å²) < 4.78 is 24.9. The highest BCUT2D eigenvalue weighted by Crippen LogP contribution is 2.32. The van der Waals surface area contributed by atoms with E-state index in [0.717, 1.165) is 0 Å². The molecule has 4 rings (SSSR count). The van der Waals surface area contributed by atoms with Gasteiger partial charge in [0, 0.05) is 45.0 Å². The van der Waals surface area contributed by atoms with Crippen LogP contribution in [0.3, 0.4) is 0 Å². The Bertz CT molecular complexity index is 957. The molecule has 186 valence electrons. The van der Waals surface area contributed by atoms with Crippen molar-refractivity contribution in [3.05, 3.63) is 24.0 Å². The van der Waals surface area contributed by atoms with Crippen molar-refractivity contribution in [1.29, 1.82) is 0 Å². The number of rotatable bonds is 3. The molecule has 0 bridgehead atoms. The lowest BCUT2D eigenvalue weighted by Crippen LogP contribution is -2.54. The molecule has 3 heterocycles. The van der Waals surface area contributed by atoms with Gasteiger partial charge >= 0.3 is 18.1 Å². The second-order valence-electron chi connectivity index (χ2n) is 10.1. The molecule has 3 amide bonds. The summed E-state index contributed by atoms with van der Waals surface area (Å²) in [4.78, 5) is 44.4. The van der Waals surface area contributed by atoms with Crippen molar-refractivity contribution in [2.45, 2.75) is 45.3 Å². The molecule has 0 spiro atoms. The van der Waals surface area contributed by atoms with Crippen molar-refractivity contribution in [2.75, 3.05) is 56.2 Å². The maximum atomic E-state index is 14.6. The summed E-state index contributed by atoms with van der Waals surface area (Å²) in [5.41, 5.74) is 0.592. The standard InChI is InChI=1S/C24H33FN4O5/c1-24(2,3)34-23(32)27-9-10-28-20(14-27)15-29(22(28)31)19-12-17(25)11-18(13-19)26-7-5-16(6-8-26)21(30)33-4/h11-13,16,20H,5-10,14-15H2,1-4H3/t20-/m0/s1. The van der Waals surface area contributed by atoms with Crippen LogP contribution in [0.4, 0.5) is 25.4 Å². The number of ether oxygens (including phenoxy) is 2. The first-order chi connectivity index (χ1) is 16.1. The Hall–Kier alpha value is -3.04. The second-order valence-corrected chi connectivity index (χ2v) is 10.1. The molecule has 10 heteroatoms. The summed E-state index contributed by atoms with van der Waals surface area (Å²) in [6.07, 6.45) is 0.885. The van der Waals surface area contributed by atoms with Crippen LogP contribution in [0.15, 0.2) is 18.2 Å². The Kier molecular flexibility index (Phi) is 6.60. The van der Waals surface area contributed by atoms with E-state index in [9.17, 15) is 18.8 Å². The van der Waals surface area contributed by atoms with Gasteiger partial charge in [0.05, 0.1) is 24.8 Å². The molecule has 3 aliphatic heterocycles. The van der Waals surface area contributed by atoms with Gasteiger partial charge in [-0.3, -0.25) is 9.69 Å². The molecule has 0 aromatic heterocycles. The Balaban J connectivity index is 1.45. The van der Waals surface area contributed by atoms with Crippen LogP contribution in [-0.2, 0) is 14.3 Å². The van der Waals surface area contributed by atoms with Gasteiger partial charge in [-0.1, -0.05) is 0 Å². The summed E-state index contributed by atoms with van der Waals surface area (Å²) >= 11 is 0. The molecule has 0 N–H and O–H groups in total. The van der Waals surface area contributed by atoms with Crippen molar-refractivity contribution in [3.8, 4) is 0 Å². The molecule has 3 saturated heterocycles. The Morgan fingerprint density at radius 3 is 2.32 bits per heavy atom. The van der Waals surface area contributed by atoms with E-state index in [1.165, 1.54) is 19.2 Å². The molecule has 34 heavy (non-hydrogen) atoms. The lowest BCUT2D eigenvalue weighted by molar-refractivity contribution is -0.146. The number of carbonyl (C=O) groups excluding carboxylic acids is 3. The highest BCUT2D eigenvalue weighted by Gasteiger charge is 2.43. The Morgan fingerprint density at radius 2 is 1.68 bits per heavy atom. The van der Waals surface area contributed by atoms with Gasteiger partial charge in [-0.25, -0.2) is 14.0 Å². The fraction of sp³-hybridized carbons (Fsp3) is 0.625. The van der Waals surface area contributed by atoms with Crippen molar-refractivity contribution < 1.29 is 28.2 Å². The van der Waals surface area contributed by atoms with Crippen molar-refractivity contribution in [1.82, 2.24) is 9.80 Å². The Labute approximate surface area is 199 Å². The average molecular weight is 477 g/mol. The van der Waals surface area contributed by atoms with Gasteiger partial charge in [0.25, 0.3) is 0 Å². The fourth-order valence-electron chi connectivity index (χ4n) is 4.85. The predicted molar refractivity (Wildman–Crippen MR) is 124 cm³/mol. The van der Waals surface area contributed by atoms with Crippen LogP contribution in [0, 0.1) is 11.7 Å². The number of benzene rings is 1. The van der Waals surface area contributed by atoms with E-state index in [-0.39, 0.29) is 30.1 Å². The molecule has 0 aliphatic carbocycles. The number of amides is 3. The zero-order chi connectivity index (χ0) is 24.6. The number of urea groups is 1. The smallest absolute Gasteiger partial charge is 0.410 e. The van der Waals surface area contributed by atoms with Gasteiger partial charge in [0.1, 0.15) is 11.4 Å². The largest absolute Gasteiger partial charge is 0.469 e. The molecule has 9 nitrogen and oxygen atoms in total. The Morgan fingerprint density at radius 1 is 1.00 bits per heavy atom. The molecule has 1 atom stereocenters. The normalized spacial score (nSPS) is 21.6. The van der Waals surface area contributed by atoms with Gasteiger partial charge in [0.15, 0.2) is 0 Å². The van der Waals surface area contributed by atoms with E-state index in [1.807, 2.05) is 31.7 Å². The van der Waals surface area contributed by atoms with Crippen LogP contribution in [0.1, 0.15) is 33.6 Å². The number of esters is 1. The molecule has 3 aliphatic rings. The minimum Gasteiger partial charge on any atom is -0.469 e. The quantitative estimate of drug-likeness (QED) is 0.624. The SMILES string of the molecule is COC(=O)C1CCN(c2cc(F)cc(N3C[C@@H]4CN(C(=O)OC(C)(C)C)CCN4C3=O)c2)CC1. The molecule has 0 saturated carbocycles. The number of halogens is 1. The number of methoxy groups -OCH3 is 1. The molecule has 0 unspecified atom stereocenters. The van der Waals surface area contributed by atoms with Crippen LogP contribution in [0.2, 0.25) is 0 Å². The highest BCUT2D eigenvalue weighted by atomic mass is 19.1. The zero-order valence-corrected chi connectivity index (χ0v) is 20.3. The maximum absolute atomic E-state index is 14.6. The van der Waals surface area contributed by atoms with E-state index in [1.54, 1.807) is 14.7 Å². The third-order valence-electron chi connectivity index (χ3n) is 6.58. The maximum Gasteiger partial charge on any atom is 0.410 e. The third-order valence-corrected chi connectivity index (χ3v) is 6.58. The summed E-state index contributed by atoms with van der Waals surface area (Å²) in [7, 11) is 1.39. The first-order valence-electron chi connectivity index (χ1n) is 11.7. The monoisotopic (exact) mass is 476 g/mol. The van der Waals surface area contributed by atoms with Gasteiger partial charge < -0.3 is 24.2 Å². The number of piperidine rings is 1. The summed E-state index contributed by atoms with van der Waals surface area (Å²) in [5.74, 6) is -0.770. The molecular formula is C24H33FN4O5. The van der Waals surface area contributed by atoms with E-state index in [2.05, 4.69) is 0 Å². The highest BCUT2D eigenvalue weighted by molar-refractivity contribution is 5.95. The van der Waals surface area contributed by atoms with E-state index >= 15 is 0 Å². The number of nitrogens with zero attached hydrogens (tertiary/aromatic N) is 4. The lowest BCUT2D eigenvalue weighted by Gasteiger charge is -2.36. The third kappa shape index (κ3) is 5.05. The van der Waals surface area contributed by atoms with Crippen LogP contribution in [0.25, 0.3) is 0 Å². The van der Waals surface area contributed by atoms with E-state index in [4.69, 9.17) is 9.47 Å². The first-order valence-corrected chi connectivity index (χ1v) is 11.7. The van der Waals surface area contributed by atoms with Crippen molar-refractivity contribution in [2.24, 2.45) is 5.92 Å². The number of hydrogen-bond donors (Lipinski definition) is 0. The topological polar surface area (TPSA) is 82.6 Å². The number of carbonyl (C=O) groups is 3. The van der Waals surface area contributed by atoms with Crippen molar-refractivity contribution >= 4 is 29.5 Å². The van der Waals surface area contributed by atoms with Crippen LogP contribution in [0.5, 0.6) is 0 Å². The summed E-state index contributed by atoms with van der Waals surface area (Å²) in [5, 5.41) is 0. The molecular weight excluding hydrogens is 443 g/mol. The lowest BCUT2D eigenvalue weighted by atomic mass is 9.96. The minimum absolute atomic E-state index is 0.140. The number of anilines is 2. The van der Waals surface area contributed by atoms with E-state index in [0.29, 0.717) is 63.5 Å². The number of piperazine rings is 1. The average Bonchev–Trinajstić information content (AvgIpc) is 3.13. The van der Waals surface area contributed by atoms with Crippen molar-refractivity contribution in [3.63, 3.8) is 0 Å². The van der Waals surface area contributed by atoms with Crippen LogP contribution >= 0.6 is 0 Å². The second kappa shape index (κ2) is 9.31.